The molecule has 0 aromatic rings. The van der Waals surface area contributed by atoms with Crippen molar-refractivity contribution in [3.05, 3.63) is 109 Å². The molecule has 0 unspecified atom stereocenters. The Balaban J connectivity index is 4.49. The van der Waals surface area contributed by atoms with Crippen molar-refractivity contribution < 1.29 is 28.6 Å². The molecule has 0 radical (unpaired) electrons. The second kappa shape index (κ2) is 58.6. The summed E-state index contributed by atoms with van der Waals surface area (Å²) in [5.41, 5.74) is 0. The van der Waals surface area contributed by atoms with Crippen LogP contribution in [0.4, 0.5) is 0 Å². The fourth-order valence-electron chi connectivity index (χ4n) is 7.95. The first-order valence-electron chi connectivity index (χ1n) is 29.4. The second-order valence-corrected chi connectivity index (χ2v) is 19.1. The average molecular weight is 986 g/mol. The molecule has 0 aliphatic heterocycles. The minimum Gasteiger partial charge on any atom is -0.462 e. The maximum Gasteiger partial charge on any atom is 0.306 e. The fourth-order valence-corrected chi connectivity index (χ4v) is 7.95. The van der Waals surface area contributed by atoms with Crippen molar-refractivity contribution in [3.8, 4) is 0 Å². The van der Waals surface area contributed by atoms with Gasteiger partial charge in [-0.2, -0.15) is 0 Å². The molecule has 71 heavy (non-hydrogen) atoms. The predicted molar refractivity (Wildman–Crippen MR) is 307 cm³/mol. The number of rotatable bonds is 52. The van der Waals surface area contributed by atoms with Crippen LogP contribution in [-0.2, 0) is 28.6 Å². The van der Waals surface area contributed by atoms with Crippen LogP contribution in [0.3, 0.4) is 0 Å². The first-order valence-corrected chi connectivity index (χ1v) is 29.4. The summed E-state index contributed by atoms with van der Waals surface area (Å²) in [6.07, 6.45) is 79.5. The Hall–Kier alpha value is -3.93. The molecule has 6 heteroatoms. The lowest BCUT2D eigenvalue weighted by Crippen LogP contribution is -2.30. The summed E-state index contributed by atoms with van der Waals surface area (Å²) in [4.78, 5) is 38.2. The second-order valence-electron chi connectivity index (χ2n) is 19.1. The molecular formula is C65H108O6. The molecule has 0 aromatic carbocycles. The van der Waals surface area contributed by atoms with Gasteiger partial charge in [-0.1, -0.05) is 265 Å². The van der Waals surface area contributed by atoms with Crippen molar-refractivity contribution in [1.82, 2.24) is 0 Å². The van der Waals surface area contributed by atoms with E-state index in [9.17, 15) is 14.4 Å². The third-order valence-electron chi connectivity index (χ3n) is 12.3. The largest absolute Gasteiger partial charge is 0.462 e. The topological polar surface area (TPSA) is 78.9 Å². The lowest BCUT2D eigenvalue weighted by molar-refractivity contribution is -0.166. The molecule has 0 fully saturated rings. The Kier molecular flexibility index (Phi) is 55.4. The molecule has 0 rings (SSSR count). The highest BCUT2D eigenvalue weighted by atomic mass is 16.6. The number of hydrogen-bond donors (Lipinski definition) is 0. The molecule has 0 saturated carbocycles. The molecule has 0 spiro atoms. The van der Waals surface area contributed by atoms with Crippen LogP contribution in [0.1, 0.15) is 265 Å². The molecule has 404 valence electrons. The Bertz CT molecular complexity index is 1460. The number of allylic oxidation sites excluding steroid dienone is 18. The summed E-state index contributed by atoms with van der Waals surface area (Å²) in [7, 11) is 0. The van der Waals surface area contributed by atoms with Gasteiger partial charge in [0, 0.05) is 19.3 Å². The van der Waals surface area contributed by atoms with E-state index in [1.165, 1.54) is 103 Å². The molecule has 0 aromatic heterocycles. The Labute approximate surface area is 438 Å². The third kappa shape index (κ3) is 56.9. The van der Waals surface area contributed by atoms with Crippen LogP contribution in [0.25, 0.3) is 0 Å². The third-order valence-corrected chi connectivity index (χ3v) is 12.3. The highest BCUT2D eigenvalue weighted by Gasteiger charge is 2.19. The zero-order valence-corrected chi connectivity index (χ0v) is 46.2. The van der Waals surface area contributed by atoms with Gasteiger partial charge in [-0.05, 0) is 89.9 Å². The molecule has 1 atom stereocenters. The molecule has 0 amide bonds. The molecular weight excluding hydrogens is 877 g/mol. The van der Waals surface area contributed by atoms with E-state index >= 15 is 0 Å². The lowest BCUT2D eigenvalue weighted by Gasteiger charge is -2.18. The summed E-state index contributed by atoms with van der Waals surface area (Å²) in [5.74, 6) is -1.01. The van der Waals surface area contributed by atoms with E-state index in [2.05, 4.69) is 124 Å². The van der Waals surface area contributed by atoms with Gasteiger partial charge in [-0.3, -0.25) is 14.4 Å². The van der Waals surface area contributed by atoms with E-state index in [-0.39, 0.29) is 37.5 Å². The van der Waals surface area contributed by atoms with Gasteiger partial charge in [-0.25, -0.2) is 0 Å². The van der Waals surface area contributed by atoms with Crippen LogP contribution >= 0.6 is 0 Å². The fraction of sp³-hybridized carbons (Fsp3) is 0.677. The van der Waals surface area contributed by atoms with Crippen LogP contribution < -0.4 is 0 Å². The summed E-state index contributed by atoms with van der Waals surface area (Å²) >= 11 is 0. The molecule has 6 nitrogen and oxygen atoms in total. The Morgan fingerprint density at radius 2 is 0.577 bits per heavy atom. The normalized spacial score (nSPS) is 12.9. The minimum atomic E-state index is -0.819. The summed E-state index contributed by atoms with van der Waals surface area (Å²) < 4.78 is 16.8. The Morgan fingerprint density at radius 3 is 0.944 bits per heavy atom. The van der Waals surface area contributed by atoms with Gasteiger partial charge in [0.05, 0.1) is 0 Å². The van der Waals surface area contributed by atoms with E-state index < -0.39 is 6.10 Å². The van der Waals surface area contributed by atoms with Crippen molar-refractivity contribution in [2.24, 2.45) is 0 Å². The van der Waals surface area contributed by atoms with Crippen LogP contribution in [0.5, 0.6) is 0 Å². The van der Waals surface area contributed by atoms with Gasteiger partial charge in [-0.15, -0.1) is 0 Å². The van der Waals surface area contributed by atoms with Gasteiger partial charge in [0.25, 0.3) is 0 Å². The zero-order chi connectivity index (χ0) is 51.4. The summed E-state index contributed by atoms with van der Waals surface area (Å²) in [5, 5.41) is 0. The van der Waals surface area contributed by atoms with Gasteiger partial charge in [0.2, 0.25) is 0 Å². The van der Waals surface area contributed by atoms with Crippen molar-refractivity contribution >= 4 is 17.9 Å². The number of hydrogen-bond acceptors (Lipinski definition) is 6. The van der Waals surface area contributed by atoms with Crippen molar-refractivity contribution in [2.75, 3.05) is 13.2 Å². The van der Waals surface area contributed by atoms with Gasteiger partial charge in [0.15, 0.2) is 6.10 Å². The van der Waals surface area contributed by atoms with E-state index in [1.54, 1.807) is 0 Å². The van der Waals surface area contributed by atoms with Crippen molar-refractivity contribution in [1.29, 1.82) is 0 Å². The maximum absolute atomic E-state index is 12.9. The average Bonchev–Trinajstić information content (AvgIpc) is 3.37. The van der Waals surface area contributed by atoms with Crippen LogP contribution in [0.2, 0.25) is 0 Å². The van der Waals surface area contributed by atoms with Crippen LogP contribution in [-0.4, -0.2) is 37.2 Å². The van der Waals surface area contributed by atoms with Gasteiger partial charge < -0.3 is 14.2 Å². The number of esters is 3. The van der Waals surface area contributed by atoms with Gasteiger partial charge >= 0.3 is 17.9 Å². The SMILES string of the molecule is CC/C=C\C/C=C\C/C=C\C/C=C\C/C=C\C/C=C\CCC(=O)OC[C@H](COC(=O)CCCCCCCCCCCCCCCCCCCCC)OC(=O)CCCCCCC/C=C\C/C=C\C/C=C\CC. The Morgan fingerprint density at radius 1 is 0.296 bits per heavy atom. The number of ether oxygens (including phenoxy) is 3. The van der Waals surface area contributed by atoms with Crippen molar-refractivity contribution in [3.63, 3.8) is 0 Å². The highest BCUT2D eigenvalue weighted by molar-refractivity contribution is 5.71. The lowest BCUT2D eigenvalue weighted by atomic mass is 10.0. The van der Waals surface area contributed by atoms with Gasteiger partial charge in [0.1, 0.15) is 13.2 Å². The van der Waals surface area contributed by atoms with E-state index in [4.69, 9.17) is 14.2 Å². The number of carbonyl (C=O) groups excluding carboxylic acids is 3. The molecule has 0 N–H and O–H groups in total. The minimum absolute atomic E-state index is 0.108. The molecule has 0 heterocycles. The summed E-state index contributed by atoms with van der Waals surface area (Å²) in [6.45, 7) is 6.35. The maximum atomic E-state index is 12.9. The molecule has 0 saturated heterocycles. The molecule has 0 aliphatic carbocycles. The summed E-state index contributed by atoms with van der Waals surface area (Å²) in [6, 6.07) is 0. The number of carbonyl (C=O) groups is 3. The van der Waals surface area contributed by atoms with Crippen LogP contribution in [0.15, 0.2) is 109 Å². The smallest absolute Gasteiger partial charge is 0.306 e. The quantitative estimate of drug-likeness (QED) is 0.0261. The predicted octanol–water partition coefficient (Wildman–Crippen LogP) is 19.9. The van der Waals surface area contributed by atoms with Crippen LogP contribution in [0, 0.1) is 0 Å². The van der Waals surface area contributed by atoms with E-state index in [1.807, 2.05) is 6.08 Å². The monoisotopic (exact) mass is 985 g/mol. The first kappa shape index (κ1) is 67.1. The van der Waals surface area contributed by atoms with E-state index in [0.29, 0.717) is 19.3 Å². The van der Waals surface area contributed by atoms with Crippen molar-refractivity contribution in [2.45, 2.75) is 271 Å². The zero-order valence-electron chi connectivity index (χ0n) is 46.2. The number of unbranched alkanes of at least 4 members (excludes halogenated alkanes) is 23. The molecule has 0 aliphatic rings. The molecule has 0 bridgehead atoms. The standard InChI is InChI=1S/C65H108O6/c1-4-7-10-13-16-19-22-25-28-30-32-34-37-39-42-45-48-51-54-57-63(66)69-60-62(71-65(68)59-56-53-50-47-44-41-36-27-24-21-18-15-12-9-6-3)61-70-64(67)58-55-52-49-46-43-40-38-35-33-31-29-26-23-20-17-14-11-8-5-2/h7,9-10,12,16,18-19,21,25,27-28,32,34,36,39,42,48,51,62H,4-6,8,11,13-15,17,20,22-24,26,29-31,33,35,37-38,40-41,43-47,49-50,52-61H2,1-3H3/b10-7-,12-9-,19-16-,21-18-,28-25-,34-32-,36-27-,42-39-,51-48-/t62-/m1/s1. The first-order chi connectivity index (χ1) is 35.0. The van der Waals surface area contributed by atoms with E-state index in [0.717, 1.165) is 116 Å². The highest BCUT2D eigenvalue weighted by Crippen LogP contribution is 2.16.